The normalized spacial score (nSPS) is 11.0. The van der Waals surface area contributed by atoms with E-state index in [1.54, 1.807) is 12.1 Å². The smallest absolute Gasteiger partial charge is 0.387 e. The third-order valence-electron chi connectivity index (χ3n) is 4.83. The molecule has 3 aromatic carbocycles. The topological polar surface area (TPSA) is 65.4 Å². The molecule has 0 aliphatic heterocycles. The lowest BCUT2D eigenvalue weighted by Gasteiger charge is -2.12. The minimum absolute atomic E-state index is 0.114. The first-order chi connectivity index (χ1) is 15.0. The summed E-state index contributed by atoms with van der Waals surface area (Å²) in [6.07, 6.45) is 0. The van der Waals surface area contributed by atoms with Crippen LogP contribution in [0.15, 0.2) is 66.7 Å². The quantitative estimate of drug-likeness (QED) is 0.469. The average Bonchev–Trinajstić information content (AvgIpc) is 3.10. The lowest BCUT2D eigenvalue weighted by molar-refractivity contribution is -0.0512. The summed E-state index contributed by atoms with van der Waals surface area (Å²) in [5.41, 5.74) is 3.54. The second-order valence-electron chi connectivity index (χ2n) is 6.76. The number of imidazole rings is 1. The minimum atomic E-state index is -3.03. The van der Waals surface area contributed by atoms with Gasteiger partial charge in [-0.05, 0) is 54.6 Å². The van der Waals surface area contributed by atoms with Crippen LogP contribution in [-0.4, -0.2) is 29.2 Å². The Bertz CT molecular complexity index is 1240. The number of carbonyl (C=O) groups is 1. The number of para-hydroxylation sites is 2. The molecule has 0 aliphatic carbocycles. The van der Waals surface area contributed by atoms with Crippen LogP contribution in [0.2, 0.25) is 0 Å². The molecule has 8 heteroatoms. The Morgan fingerprint density at radius 3 is 2.45 bits per heavy atom. The second kappa shape index (κ2) is 8.43. The van der Waals surface area contributed by atoms with E-state index in [9.17, 15) is 13.6 Å². The van der Waals surface area contributed by atoms with Crippen molar-refractivity contribution in [2.45, 2.75) is 6.61 Å². The van der Waals surface area contributed by atoms with Crippen LogP contribution in [-0.2, 0) is 7.05 Å². The molecule has 0 spiro atoms. The van der Waals surface area contributed by atoms with Crippen molar-refractivity contribution in [2.24, 2.45) is 7.05 Å². The van der Waals surface area contributed by atoms with Gasteiger partial charge in [0.15, 0.2) is 11.5 Å². The largest absolute Gasteiger partial charge is 0.493 e. The van der Waals surface area contributed by atoms with Gasteiger partial charge in [-0.1, -0.05) is 12.1 Å². The van der Waals surface area contributed by atoms with Crippen LogP contribution in [0.5, 0.6) is 11.5 Å². The summed E-state index contributed by atoms with van der Waals surface area (Å²) in [5.74, 6) is 0.256. The van der Waals surface area contributed by atoms with E-state index in [0.717, 1.165) is 22.4 Å². The first-order valence-electron chi connectivity index (χ1n) is 9.42. The zero-order chi connectivity index (χ0) is 22.0. The van der Waals surface area contributed by atoms with E-state index in [1.807, 2.05) is 48.0 Å². The van der Waals surface area contributed by atoms with E-state index < -0.39 is 12.5 Å². The molecule has 0 saturated carbocycles. The Morgan fingerprint density at radius 2 is 1.77 bits per heavy atom. The first-order valence-corrected chi connectivity index (χ1v) is 9.42. The monoisotopic (exact) mass is 423 g/mol. The van der Waals surface area contributed by atoms with Crippen molar-refractivity contribution in [1.29, 1.82) is 0 Å². The van der Waals surface area contributed by atoms with Crippen molar-refractivity contribution >= 4 is 22.6 Å². The molecular formula is C23H19F2N3O3. The summed E-state index contributed by atoms with van der Waals surface area (Å²) >= 11 is 0. The van der Waals surface area contributed by atoms with Gasteiger partial charge in [-0.15, -0.1) is 0 Å². The number of alkyl halides is 2. The number of methoxy groups -OCH3 is 1. The van der Waals surface area contributed by atoms with Gasteiger partial charge in [0.25, 0.3) is 5.91 Å². The SMILES string of the molecule is COc1ccc(C(=O)Nc2ccc(-c3nc4ccccc4n3C)cc2)cc1OC(F)F. The van der Waals surface area contributed by atoms with Gasteiger partial charge < -0.3 is 19.4 Å². The number of fused-ring (bicyclic) bond motifs is 1. The molecule has 6 nitrogen and oxygen atoms in total. The van der Waals surface area contributed by atoms with Crippen molar-refractivity contribution < 1.29 is 23.0 Å². The van der Waals surface area contributed by atoms with Gasteiger partial charge in [-0.25, -0.2) is 4.98 Å². The van der Waals surface area contributed by atoms with Crippen LogP contribution in [0.3, 0.4) is 0 Å². The molecule has 0 radical (unpaired) electrons. The Morgan fingerprint density at radius 1 is 1.03 bits per heavy atom. The number of benzene rings is 3. The lowest BCUT2D eigenvalue weighted by Crippen LogP contribution is -2.13. The summed E-state index contributed by atoms with van der Waals surface area (Å²) in [7, 11) is 3.28. The number of aromatic nitrogens is 2. The number of halogens is 2. The molecular weight excluding hydrogens is 404 g/mol. The number of aryl methyl sites for hydroxylation is 1. The molecule has 158 valence electrons. The fourth-order valence-electron chi connectivity index (χ4n) is 3.32. The van der Waals surface area contributed by atoms with E-state index in [4.69, 9.17) is 4.74 Å². The predicted molar refractivity (Wildman–Crippen MR) is 114 cm³/mol. The number of rotatable bonds is 6. The molecule has 0 saturated heterocycles. The fourth-order valence-corrected chi connectivity index (χ4v) is 3.32. The van der Waals surface area contributed by atoms with Crippen molar-refractivity contribution in [3.8, 4) is 22.9 Å². The highest BCUT2D eigenvalue weighted by atomic mass is 19.3. The van der Waals surface area contributed by atoms with E-state index in [1.165, 1.54) is 25.3 Å². The number of ether oxygens (including phenoxy) is 2. The molecule has 4 rings (SSSR count). The Kier molecular flexibility index (Phi) is 5.53. The Hall–Kier alpha value is -3.94. The molecule has 1 heterocycles. The number of amides is 1. The van der Waals surface area contributed by atoms with Gasteiger partial charge in [0.2, 0.25) is 0 Å². The van der Waals surface area contributed by atoms with Crippen molar-refractivity contribution in [3.63, 3.8) is 0 Å². The van der Waals surface area contributed by atoms with Gasteiger partial charge in [-0.2, -0.15) is 8.78 Å². The summed E-state index contributed by atoms with van der Waals surface area (Å²) in [4.78, 5) is 17.2. The molecule has 0 fully saturated rings. The standard InChI is InChI=1S/C23H19F2N3O3/c1-28-18-6-4-3-5-17(18)27-21(28)14-7-10-16(11-8-14)26-22(29)15-9-12-19(30-2)20(13-15)31-23(24)25/h3-13,23H,1-2H3,(H,26,29). The molecule has 0 unspecified atom stereocenters. The Labute approximate surface area is 177 Å². The highest BCUT2D eigenvalue weighted by Gasteiger charge is 2.15. The van der Waals surface area contributed by atoms with Crippen molar-refractivity contribution in [1.82, 2.24) is 9.55 Å². The number of nitrogens with one attached hydrogen (secondary N) is 1. The number of hydrogen-bond acceptors (Lipinski definition) is 4. The maximum Gasteiger partial charge on any atom is 0.387 e. The molecule has 0 atom stereocenters. The zero-order valence-electron chi connectivity index (χ0n) is 16.8. The van der Waals surface area contributed by atoms with Gasteiger partial charge in [-0.3, -0.25) is 4.79 Å². The van der Waals surface area contributed by atoms with Gasteiger partial charge >= 0.3 is 6.61 Å². The molecule has 1 N–H and O–H groups in total. The van der Waals surface area contributed by atoms with E-state index >= 15 is 0 Å². The highest BCUT2D eigenvalue weighted by molar-refractivity contribution is 6.04. The van der Waals surface area contributed by atoms with Gasteiger partial charge in [0, 0.05) is 23.9 Å². The second-order valence-corrected chi connectivity index (χ2v) is 6.76. The third-order valence-corrected chi connectivity index (χ3v) is 4.83. The summed E-state index contributed by atoms with van der Waals surface area (Å²) in [6, 6.07) is 19.2. The highest BCUT2D eigenvalue weighted by Crippen LogP contribution is 2.30. The maximum atomic E-state index is 12.6. The summed E-state index contributed by atoms with van der Waals surface area (Å²) < 4.78 is 36.6. The zero-order valence-corrected chi connectivity index (χ0v) is 16.8. The van der Waals surface area contributed by atoms with Gasteiger partial charge in [0.05, 0.1) is 18.1 Å². The van der Waals surface area contributed by atoms with Crippen LogP contribution in [0.4, 0.5) is 14.5 Å². The van der Waals surface area contributed by atoms with Gasteiger partial charge in [0.1, 0.15) is 5.82 Å². The molecule has 31 heavy (non-hydrogen) atoms. The van der Waals surface area contributed by atoms with E-state index in [2.05, 4.69) is 15.0 Å². The first kappa shape index (κ1) is 20.3. The maximum absolute atomic E-state index is 12.6. The number of carbonyl (C=O) groups excluding carboxylic acids is 1. The summed E-state index contributed by atoms with van der Waals surface area (Å²) in [6.45, 7) is -3.03. The van der Waals surface area contributed by atoms with Crippen molar-refractivity contribution in [3.05, 3.63) is 72.3 Å². The molecule has 4 aromatic rings. The van der Waals surface area contributed by atoms with Crippen LogP contribution in [0.25, 0.3) is 22.4 Å². The molecule has 0 bridgehead atoms. The number of nitrogens with zero attached hydrogens (tertiary/aromatic N) is 2. The third kappa shape index (κ3) is 4.18. The van der Waals surface area contributed by atoms with Crippen LogP contribution in [0.1, 0.15) is 10.4 Å². The molecule has 1 aromatic heterocycles. The fraction of sp³-hybridized carbons (Fsp3) is 0.130. The average molecular weight is 423 g/mol. The van der Waals surface area contributed by atoms with E-state index in [-0.39, 0.29) is 17.1 Å². The van der Waals surface area contributed by atoms with Crippen LogP contribution >= 0.6 is 0 Å². The number of hydrogen-bond donors (Lipinski definition) is 1. The van der Waals surface area contributed by atoms with Crippen molar-refractivity contribution in [2.75, 3.05) is 12.4 Å². The number of anilines is 1. The summed E-state index contributed by atoms with van der Waals surface area (Å²) in [5, 5.41) is 2.75. The predicted octanol–water partition coefficient (Wildman–Crippen LogP) is 5.10. The van der Waals surface area contributed by atoms with Crippen LogP contribution in [0, 0.1) is 0 Å². The van der Waals surface area contributed by atoms with E-state index in [0.29, 0.717) is 5.69 Å². The Balaban J connectivity index is 1.54. The molecule has 0 aliphatic rings. The lowest BCUT2D eigenvalue weighted by atomic mass is 10.1. The molecule has 1 amide bonds. The minimum Gasteiger partial charge on any atom is -0.493 e. The van der Waals surface area contributed by atoms with Crippen LogP contribution < -0.4 is 14.8 Å².